The molecule has 0 amide bonds. The zero-order valence-electron chi connectivity index (χ0n) is 7.75. The number of rotatable bonds is 2. The topological polar surface area (TPSA) is 51.0 Å². The summed E-state index contributed by atoms with van der Waals surface area (Å²) in [5, 5.41) is 12.9. The first-order chi connectivity index (χ1) is 6.81. The second-order valence-electron chi connectivity index (χ2n) is 3.05. The normalized spacial score (nSPS) is 24.7. The van der Waals surface area contributed by atoms with Crippen LogP contribution in [-0.2, 0) is 4.84 Å². The van der Waals surface area contributed by atoms with Crippen LogP contribution >= 0.6 is 0 Å². The van der Waals surface area contributed by atoms with Gasteiger partial charge in [0.1, 0.15) is 5.75 Å². The quantitative estimate of drug-likeness (QED) is 0.765. The van der Waals surface area contributed by atoms with Crippen molar-refractivity contribution in [2.75, 3.05) is 7.11 Å². The molecule has 0 aromatic heterocycles. The molecule has 1 aromatic carbocycles. The largest absolute Gasteiger partial charge is 0.497 e. The zero-order chi connectivity index (χ0) is 9.97. The Morgan fingerprint density at radius 1 is 1.36 bits per heavy atom. The fourth-order valence-electron chi connectivity index (χ4n) is 1.38. The highest BCUT2D eigenvalue weighted by Crippen LogP contribution is 2.24. The van der Waals surface area contributed by atoms with Gasteiger partial charge in [0.15, 0.2) is 0 Å². The molecule has 2 unspecified atom stereocenters. The van der Waals surface area contributed by atoms with Crippen LogP contribution in [0, 0.1) is 0 Å². The molecule has 1 aliphatic heterocycles. The highest BCUT2D eigenvalue weighted by atomic mass is 16.7. The van der Waals surface area contributed by atoms with Crippen molar-refractivity contribution in [2.24, 2.45) is 5.16 Å². The highest BCUT2D eigenvalue weighted by molar-refractivity contribution is 5.69. The molecule has 0 bridgehead atoms. The minimum Gasteiger partial charge on any atom is -0.497 e. The van der Waals surface area contributed by atoms with Crippen LogP contribution in [0.15, 0.2) is 29.4 Å². The standard InChI is InChI=1S/C10H11NO3/c1-13-8-4-2-7(3-5-8)9-6-11-14-10(9)12/h2-6,9-10,12H,1H3. The lowest BCUT2D eigenvalue weighted by molar-refractivity contribution is -0.0853. The van der Waals surface area contributed by atoms with Crippen LogP contribution < -0.4 is 4.74 Å². The number of hydrogen-bond acceptors (Lipinski definition) is 4. The van der Waals surface area contributed by atoms with Crippen molar-refractivity contribution in [1.29, 1.82) is 0 Å². The minimum atomic E-state index is -0.872. The zero-order valence-corrected chi connectivity index (χ0v) is 7.75. The SMILES string of the molecule is COc1ccc(C2C=NOC2O)cc1. The molecule has 1 heterocycles. The third-order valence-electron chi connectivity index (χ3n) is 2.20. The third-order valence-corrected chi connectivity index (χ3v) is 2.20. The first-order valence-corrected chi connectivity index (χ1v) is 4.32. The van der Waals surface area contributed by atoms with Crippen molar-refractivity contribution < 1.29 is 14.7 Å². The van der Waals surface area contributed by atoms with E-state index in [1.807, 2.05) is 24.3 Å². The molecule has 0 spiro atoms. The van der Waals surface area contributed by atoms with E-state index in [2.05, 4.69) is 9.99 Å². The summed E-state index contributed by atoms with van der Waals surface area (Å²) < 4.78 is 5.03. The first-order valence-electron chi connectivity index (χ1n) is 4.32. The Hall–Kier alpha value is -1.55. The molecule has 1 aromatic rings. The molecule has 4 nitrogen and oxygen atoms in total. The van der Waals surface area contributed by atoms with E-state index in [0.29, 0.717) is 0 Å². The molecule has 1 N–H and O–H groups in total. The smallest absolute Gasteiger partial charge is 0.236 e. The van der Waals surface area contributed by atoms with Gasteiger partial charge >= 0.3 is 0 Å². The number of aliphatic hydroxyl groups excluding tert-OH is 1. The number of hydrogen-bond donors (Lipinski definition) is 1. The predicted octanol–water partition coefficient (Wildman–Crippen LogP) is 1.11. The van der Waals surface area contributed by atoms with Crippen LogP contribution in [0.4, 0.5) is 0 Å². The van der Waals surface area contributed by atoms with Crippen LogP contribution in [0.25, 0.3) is 0 Å². The molecule has 0 aliphatic carbocycles. The number of nitrogens with zero attached hydrogens (tertiary/aromatic N) is 1. The van der Waals surface area contributed by atoms with E-state index in [0.717, 1.165) is 11.3 Å². The molecule has 1 aliphatic rings. The summed E-state index contributed by atoms with van der Waals surface area (Å²) in [6.07, 6.45) is 0.718. The van der Waals surface area contributed by atoms with Gasteiger partial charge in [0.05, 0.1) is 19.2 Å². The minimum absolute atomic E-state index is 0.180. The molecular formula is C10H11NO3. The lowest BCUT2D eigenvalue weighted by Gasteiger charge is -2.10. The molecule has 4 heteroatoms. The number of oxime groups is 1. The third kappa shape index (κ3) is 1.56. The second kappa shape index (κ2) is 3.67. The molecule has 74 valence electrons. The van der Waals surface area contributed by atoms with Crippen molar-refractivity contribution >= 4 is 6.21 Å². The van der Waals surface area contributed by atoms with Crippen LogP contribution in [0.2, 0.25) is 0 Å². The molecule has 2 atom stereocenters. The maximum Gasteiger partial charge on any atom is 0.236 e. The Kier molecular flexibility index (Phi) is 2.37. The molecule has 0 radical (unpaired) electrons. The second-order valence-corrected chi connectivity index (χ2v) is 3.05. The molecule has 0 saturated heterocycles. The fraction of sp³-hybridized carbons (Fsp3) is 0.300. The monoisotopic (exact) mass is 193 g/mol. The molecule has 14 heavy (non-hydrogen) atoms. The van der Waals surface area contributed by atoms with Crippen molar-refractivity contribution in [1.82, 2.24) is 0 Å². The summed E-state index contributed by atoms with van der Waals surface area (Å²) >= 11 is 0. The van der Waals surface area contributed by atoms with Crippen molar-refractivity contribution in [3.8, 4) is 5.75 Å². The van der Waals surface area contributed by atoms with Gasteiger partial charge in [-0.1, -0.05) is 17.3 Å². The number of ether oxygens (including phenoxy) is 1. The summed E-state index contributed by atoms with van der Waals surface area (Å²) in [4.78, 5) is 4.67. The Morgan fingerprint density at radius 2 is 2.07 bits per heavy atom. The average molecular weight is 193 g/mol. The predicted molar refractivity (Wildman–Crippen MR) is 51.3 cm³/mol. The average Bonchev–Trinajstić information content (AvgIpc) is 2.65. The molecular weight excluding hydrogens is 182 g/mol. The fourth-order valence-corrected chi connectivity index (χ4v) is 1.38. The van der Waals surface area contributed by atoms with E-state index in [4.69, 9.17) is 4.74 Å². The number of aliphatic hydroxyl groups is 1. The van der Waals surface area contributed by atoms with Gasteiger partial charge < -0.3 is 14.7 Å². The lowest BCUT2D eigenvalue weighted by Crippen LogP contribution is -2.15. The van der Waals surface area contributed by atoms with Crippen LogP contribution in [0.1, 0.15) is 11.5 Å². The Balaban J connectivity index is 2.20. The van der Waals surface area contributed by atoms with Crippen LogP contribution in [0.3, 0.4) is 0 Å². The maximum absolute atomic E-state index is 9.39. The van der Waals surface area contributed by atoms with E-state index in [1.165, 1.54) is 0 Å². The van der Waals surface area contributed by atoms with Gasteiger partial charge in [-0.3, -0.25) is 0 Å². The van der Waals surface area contributed by atoms with Crippen molar-refractivity contribution in [2.45, 2.75) is 12.2 Å². The van der Waals surface area contributed by atoms with Gasteiger partial charge in [-0.2, -0.15) is 0 Å². The maximum atomic E-state index is 9.39. The summed E-state index contributed by atoms with van der Waals surface area (Å²) in [7, 11) is 1.62. The van der Waals surface area contributed by atoms with Crippen molar-refractivity contribution in [3.05, 3.63) is 29.8 Å². The Labute approximate surface area is 81.8 Å². The Bertz CT molecular complexity index is 334. The number of benzene rings is 1. The summed E-state index contributed by atoms with van der Waals surface area (Å²) in [6, 6.07) is 7.45. The van der Waals surface area contributed by atoms with Gasteiger partial charge in [-0.25, -0.2) is 0 Å². The molecule has 2 rings (SSSR count). The van der Waals surface area contributed by atoms with E-state index < -0.39 is 6.29 Å². The van der Waals surface area contributed by atoms with Crippen molar-refractivity contribution in [3.63, 3.8) is 0 Å². The summed E-state index contributed by atoms with van der Waals surface area (Å²) in [5.41, 5.74) is 0.958. The van der Waals surface area contributed by atoms with E-state index in [1.54, 1.807) is 13.3 Å². The summed E-state index contributed by atoms with van der Waals surface area (Å²) in [6.45, 7) is 0. The van der Waals surface area contributed by atoms with Gasteiger partial charge in [0.25, 0.3) is 0 Å². The molecule has 0 fully saturated rings. The van der Waals surface area contributed by atoms with Crippen LogP contribution in [0.5, 0.6) is 5.75 Å². The van der Waals surface area contributed by atoms with Gasteiger partial charge in [-0.15, -0.1) is 0 Å². The first kappa shape index (κ1) is 9.02. The van der Waals surface area contributed by atoms with Gasteiger partial charge in [0, 0.05) is 0 Å². The van der Waals surface area contributed by atoms with Gasteiger partial charge in [0.2, 0.25) is 6.29 Å². The Morgan fingerprint density at radius 3 is 2.57 bits per heavy atom. The van der Waals surface area contributed by atoms with E-state index in [9.17, 15) is 5.11 Å². The van der Waals surface area contributed by atoms with Crippen LogP contribution in [-0.4, -0.2) is 24.7 Å². The van der Waals surface area contributed by atoms with Gasteiger partial charge in [-0.05, 0) is 17.7 Å². The van der Waals surface area contributed by atoms with E-state index >= 15 is 0 Å². The number of methoxy groups -OCH3 is 1. The lowest BCUT2D eigenvalue weighted by atomic mass is 10.0. The summed E-state index contributed by atoms with van der Waals surface area (Å²) in [5.74, 6) is 0.611. The highest BCUT2D eigenvalue weighted by Gasteiger charge is 2.25. The van der Waals surface area contributed by atoms with E-state index in [-0.39, 0.29) is 5.92 Å². The molecule has 0 saturated carbocycles.